The SMILES string of the molecule is CC[C@H]1OC(O)[C@H](NS(=O)(=O)/C(C#N)=C(\C)c2ccc3cc(N(C)C)ccc3c2)[C@@H](O)[C@@H]1O. The fourth-order valence-electron chi connectivity index (χ4n) is 3.87. The number of hydrogen-bond donors (Lipinski definition) is 4. The van der Waals surface area contributed by atoms with E-state index in [0.717, 1.165) is 16.5 Å². The maximum Gasteiger partial charge on any atom is 0.251 e. The molecule has 1 unspecified atom stereocenters. The second-order valence-corrected chi connectivity index (χ2v) is 9.96. The zero-order valence-electron chi connectivity index (χ0n) is 18.9. The lowest BCUT2D eigenvalue weighted by molar-refractivity contribution is -0.244. The molecule has 5 atom stereocenters. The summed E-state index contributed by atoms with van der Waals surface area (Å²) in [5.41, 5.74) is 1.76. The highest BCUT2D eigenvalue weighted by Gasteiger charge is 2.45. The molecule has 0 bridgehead atoms. The molecule has 33 heavy (non-hydrogen) atoms. The Labute approximate surface area is 193 Å². The number of rotatable bonds is 6. The Morgan fingerprint density at radius 3 is 2.36 bits per heavy atom. The van der Waals surface area contributed by atoms with Crippen molar-refractivity contribution in [2.45, 2.75) is 50.9 Å². The molecule has 9 nitrogen and oxygen atoms in total. The number of ether oxygens (including phenoxy) is 1. The van der Waals surface area contributed by atoms with Gasteiger partial charge in [0.2, 0.25) is 0 Å². The second kappa shape index (κ2) is 9.77. The standard InChI is InChI=1S/C23H29N3O6S/c1-5-18-21(27)22(28)20(23(29)32-18)25-33(30,31)19(12-24)13(2)14-6-7-16-11-17(26(3)4)9-8-15(16)10-14/h6-11,18,20-23,25,27-29H,5H2,1-4H3/b19-13+/t18-,20-,21-,22-,23?/m1/s1. The molecule has 0 aromatic heterocycles. The third kappa shape index (κ3) is 5.04. The van der Waals surface area contributed by atoms with Gasteiger partial charge in [-0.25, -0.2) is 8.42 Å². The molecule has 0 spiro atoms. The van der Waals surface area contributed by atoms with E-state index in [9.17, 15) is 29.0 Å². The highest BCUT2D eigenvalue weighted by molar-refractivity contribution is 7.93. The number of benzene rings is 2. The normalized spacial score (nSPS) is 26.5. The van der Waals surface area contributed by atoms with E-state index in [2.05, 4.69) is 4.72 Å². The molecular weight excluding hydrogens is 446 g/mol. The summed E-state index contributed by atoms with van der Waals surface area (Å²) in [4.78, 5) is 1.42. The molecule has 10 heteroatoms. The molecular formula is C23H29N3O6S. The summed E-state index contributed by atoms with van der Waals surface area (Å²) >= 11 is 0. The van der Waals surface area contributed by atoms with Crippen molar-refractivity contribution >= 4 is 32.1 Å². The molecule has 1 heterocycles. The van der Waals surface area contributed by atoms with Crippen molar-refractivity contribution in [3.05, 3.63) is 46.9 Å². The lowest BCUT2D eigenvalue weighted by Crippen LogP contribution is -2.63. The van der Waals surface area contributed by atoms with Crippen LogP contribution in [0.2, 0.25) is 0 Å². The van der Waals surface area contributed by atoms with E-state index < -0.39 is 45.6 Å². The van der Waals surface area contributed by atoms with E-state index in [-0.39, 0.29) is 5.57 Å². The van der Waals surface area contributed by atoms with Crippen LogP contribution in [0.5, 0.6) is 0 Å². The third-order valence-corrected chi connectivity index (χ3v) is 7.42. The number of aliphatic hydroxyl groups is 3. The molecule has 0 saturated carbocycles. The quantitative estimate of drug-likeness (QED) is 0.458. The molecule has 1 saturated heterocycles. The van der Waals surface area contributed by atoms with Crippen LogP contribution in [0.1, 0.15) is 25.8 Å². The summed E-state index contributed by atoms with van der Waals surface area (Å²) in [6.07, 6.45) is -5.21. The summed E-state index contributed by atoms with van der Waals surface area (Å²) in [7, 11) is -0.580. The molecule has 2 aromatic rings. The fraction of sp³-hybridized carbons (Fsp3) is 0.435. The van der Waals surface area contributed by atoms with E-state index in [4.69, 9.17) is 4.74 Å². The van der Waals surface area contributed by atoms with Crippen LogP contribution in [0.25, 0.3) is 16.3 Å². The molecule has 1 fully saturated rings. The predicted molar refractivity (Wildman–Crippen MR) is 126 cm³/mol. The van der Waals surface area contributed by atoms with Crippen molar-refractivity contribution < 1.29 is 28.5 Å². The van der Waals surface area contributed by atoms with Crippen LogP contribution in [-0.2, 0) is 14.8 Å². The van der Waals surface area contributed by atoms with Crippen LogP contribution < -0.4 is 9.62 Å². The molecule has 3 rings (SSSR count). The number of hydrogen-bond acceptors (Lipinski definition) is 8. The van der Waals surface area contributed by atoms with E-state index in [1.165, 1.54) is 6.92 Å². The number of nitrogens with one attached hydrogen (secondary N) is 1. The van der Waals surface area contributed by atoms with Crippen LogP contribution in [0.4, 0.5) is 5.69 Å². The molecule has 0 radical (unpaired) electrons. The Bertz CT molecular complexity index is 1200. The Morgan fingerprint density at radius 2 is 1.76 bits per heavy atom. The Morgan fingerprint density at radius 1 is 1.12 bits per heavy atom. The van der Waals surface area contributed by atoms with Crippen LogP contribution >= 0.6 is 0 Å². The fourth-order valence-corrected chi connectivity index (χ4v) is 5.24. The number of nitriles is 1. The van der Waals surface area contributed by atoms with Gasteiger partial charge in [0, 0.05) is 19.8 Å². The lowest BCUT2D eigenvalue weighted by Gasteiger charge is -2.40. The number of aliphatic hydroxyl groups excluding tert-OH is 3. The summed E-state index contributed by atoms with van der Waals surface area (Å²) in [5, 5.41) is 42.2. The van der Waals surface area contributed by atoms with Crippen molar-refractivity contribution in [2.24, 2.45) is 0 Å². The summed E-state index contributed by atoms with van der Waals surface area (Å²) < 4.78 is 33.4. The number of fused-ring (bicyclic) bond motifs is 1. The average Bonchev–Trinajstić information content (AvgIpc) is 2.78. The molecule has 4 N–H and O–H groups in total. The first-order chi connectivity index (χ1) is 15.5. The van der Waals surface area contributed by atoms with E-state index in [1.54, 1.807) is 25.1 Å². The second-order valence-electron chi connectivity index (χ2n) is 8.31. The summed E-state index contributed by atoms with van der Waals surface area (Å²) in [6.45, 7) is 3.21. The molecule has 178 valence electrons. The summed E-state index contributed by atoms with van der Waals surface area (Å²) in [5.74, 6) is 0. The predicted octanol–water partition coefficient (Wildman–Crippen LogP) is 1.30. The zero-order valence-corrected chi connectivity index (χ0v) is 19.7. The molecule has 0 amide bonds. The first-order valence-electron chi connectivity index (χ1n) is 10.5. The molecule has 1 aliphatic rings. The average molecular weight is 476 g/mol. The van der Waals surface area contributed by atoms with Gasteiger partial charge in [0.15, 0.2) is 11.2 Å². The van der Waals surface area contributed by atoms with Crippen LogP contribution in [-0.4, -0.2) is 68.5 Å². The third-order valence-electron chi connectivity index (χ3n) is 5.90. The van der Waals surface area contributed by atoms with Gasteiger partial charge in [-0.15, -0.1) is 0 Å². The van der Waals surface area contributed by atoms with Gasteiger partial charge in [0.1, 0.15) is 24.3 Å². The number of sulfonamides is 1. The summed E-state index contributed by atoms with van der Waals surface area (Å²) in [6, 6.07) is 11.4. The van der Waals surface area contributed by atoms with Crippen molar-refractivity contribution in [2.75, 3.05) is 19.0 Å². The first-order valence-corrected chi connectivity index (χ1v) is 12.0. The van der Waals surface area contributed by atoms with Gasteiger partial charge in [-0.05, 0) is 53.5 Å². The van der Waals surface area contributed by atoms with E-state index >= 15 is 0 Å². The van der Waals surface area contributed by atoms with Crippen LogP contribution in [0.15, 0.2) is 41.3 Å². The highest BCUT2D eigenvalue weighted by atomic mass is 32.2. The highest BCUT2D eigenvalue weighted by Crippen LogP contribution is 2.29. The molecule has 0 aliphatic carbocycles. The minimum Gasteiger partial charge on any atom is -0.388 e. The van der Waals surface area contributed by atoms with Crippen molar-refractivity contribution in [1.29, 1.82) is 5.26 Å². The zero-order chi connectivity index (χ0) is 24.5. The molecule has 2 aromatic carbocycles. The molecule has 1 aliphatic heterocycles. The van der Waals surface area contributed by atoms with Crippen molar-refractivity contribution in [3.63, 3.8) is 0 Å². The van der Waals surface area contributed by atoms with Gasteiger partial charge in [0.25, 0.3) is 10.0 Å². The minimum absolute atomic E-state index is 0.205. The van der Waals surface area contributed by atoms with Crippen molar-refractivity contribution in [1.82, 2.24) is 4.72 Å². The Balaban J connectivity index is 1.95. The van der Waals surface area contributed by atoms with Crippen LogP contribution in [0.3, 0.4) is 0 Å². The topological polar surface area (TPSA) is 143 Å². The Hall–Kier alpha value is -2.52. The number of anilines is 1. The maximum absolute atomic E-state index is 13.0. The number of nitrogens with zero attached hydrogens (tertiary/aromatic N) is 2. The van der Waals surface area contributed by atoms with Crippen molar-refractivity contribution in [3.8, 4) is 6.07 Å². The van der Waals surface area contributed by atoms with Gasteiger partial charge in [-0.3, -0.25) is 0 Å². The van der Waals surface area contributed by atoms with Gasteiger partial charge < -0.3 is 25.0 Å². The monoisotopic (exact) mass is 475 g/mol. The van der Waals surface area contributed by atoms with Gasteiger partial charge in [0.05, 0.1) is 6.10 Å². The van der Waals surface area contributed by atoms with E-state index in [0.29, 0.717) is 12.0 Å². The maximum atomic E-state index is 13.0. The Kier molecular flexibility index (Phi) is 7.43. The van der Waals surface area contributed by atoms with Gasteiger partial charge in [-0.1, -0.05) is 25.1 Å². The lowest BCUT2D eigenvalue weighted by atomic mass is 9.96. The largest absolute Gasteiger partial charge is 0.388 e. The van der Waals surface area contributed by atoms with Gasteiger partial charge >= 0.3 is 0 Å². The van der Waals surface area contributed by atoms with Gasteiger partial charge in [-0.2, -0.15) is 9.98 Å². The first kappa shape index (κ1) is 25.1. The minimum atomic E-state index is -4.45. The smallest absolute Gasteiger partial charge is 0.251 e. The van der Waals surface area contributed by atoms with E-state index in [1.807, 2.05) is 43.3 Å². The number of allylic oxidation sites excluding steroid dienone is 2. The van der Waals surface area contributed by atoms with Crippen LogP contribution in [0, 0.1) is 11.3 Å².